The molecule has 1 aromatic heterocycles. The molecule has 21 heavy (non-hydrogen) atoms. The number of rotatable bonds is 5. The molecule has 0 aliphatic heterocycles. The van der Waals surface area contributed by atoms with Crippen molar-refractivity contribution in [1.29, 1.82) is 0 Å². The van der Waals surface area contributed by atoms with Crippen LogP contribution in [0.5, 0.6) is 0 Å². The second-order valence-electron chi connectivity index (χ2n) is 5.37. The third kappa shape index (κ3) is 2.83. The molecule has 0 fully saturated rings. The second kappa shape index (κ2) is 6.10. The van der Waals surface area contributed by atoms with Gasteiger partial charge in [0.05, 0.1) is 11.0 Å². The first-order chi connectivity index (χ1) is 10.3. The van der Waals surface area contributed by atoms with Crippen LogP contribution in [0.1, 0.15) is 30.3 Å². The largest absolute Gasteiger partial charge is 0.328 e. The van der Waals surface area contributed by atoms with Crippen molar-refractivity contribution in [1.82, 2.24) is 9.55 Å². The first kappa shape index (κ1) is 13.8. The summed E-state index contributed by atoms with van der Waals surface area (Å²) in [6.07, 6.45) is 1.97. The zero-order valence-corrected chi connectivity index (χ0v) is 12.4. The summed E-state index contributed by atoms with van der Waals surface area (Å²) in [5.74, 6) is 1.14. The predicted octanol–water partition coefficient (Wildman–Crippen LogP) is 3.50. The summed E-state index contributed by atoms with van der Waals surface area (Å²) >= 11 is 0. The molecule has 0 spiro atoms. The average molecular weight is 279 g/mol. The maximum absolute atomic E-state index is 5.65. The first-order valence-electron chi connectivity index (χ1n) is 7.54. The maximum Gasteiger partial charge on any atom is 0.114 e. The van der Waals surface area contributed by atoms with Gasteiger partial charge in [-0.1, -0.05) is 43.3 Å². The minimum Gasteiger partial charge on any atom is -0.328 e. The lowest BCUT2D eigenvalue weighted by molar-refractivity contribution is 0.664. The van der Waals surface area contributed by atoms with Crippen LogP contribution < -0.4 is 5.73 Å². The van der Waals surface area contributed by atoms with Crippen molar-refractivity contribution >= 4 is 11.0 Å². The van der Waals surface area contributed by atoms with Gasteiger partial charge >= 0.3 is 0 Å². The minimum absolute atomic E-state index is 0.592. The molecule has 0 aliphatic rings. The summed E-state index contributed by atoms with van der Waals surface area (Å²) in [5, 5.41) is 0. The van der Waals surface area contributed by atoms with E-state index in [0.29, 0.717) is 6.54 Å². The van der Waals surface area contributed by atoms with Crippen molar-refractivity contribution in [3.05, 3.63) is 65.5 Å². The Morgan fingerprint density at radius 2 is 1.71 bits per heavy atom. The van der Waals surface area contributed by atoms with Crippen LogP contribution in [0.25, 0.3) is 11.0 Å². The summed E-state index contributed by atoms with van der Waals surface area (Å²) in [6, 6.07) is 16.9. The Hall–Kier alpha value is -2.13. The number of hydrogen-bond donors (Lipinski definition) is 1. The van der Waals surface area contributed by atoms with Crippen LogP contribution in [-0.4, -0.2) is 9.55 Å². The van der Waals surface area contributed by atoms with E-state index in [1.807, 2.05) is 6.07 Å². The highest BCUT2D eigenvalue weighted by atomic mass is 15.1. The van der Waals surface area contributed by atoms with Crippen molar-refractivity contribution in [3.63, 3.8) is 0 Å². The molecule has 3 nitrogen and oxygen atoms in total. The predicted molar refractivity (Wildman–Crippen MR) is 87.2 cm³/mol. The van der Waals surface area contributed by atoms with Crippen LogP contribution in [0.2, 0.25) is 0 Å². The van der Waals surface area contributed by atoms with E-state index in [1.54, 1.807) is 0 Å². The molecule has 3 rings (SSSR count). The lowest BCUT2D eigenvalue weighted by Gasteiger charge is -2.08. The Balaban J connectivity index is 1.96. The third-order valence-electron chi connectivity index (χ3n) is 3.80. The van der Waals surface area contributed by atoms with Gasteiger partial charge in [-0.15, -0.1) is 0 Å². The lowest BCUT2D eigenvalue weighted by atomic mass is 10.1. The molecule has 2 aromatic carbocycles. The van der Waals surface area contributed by atoms with Crippen LogP contribution in [0.15, 0.2) is 48.5 Å². The van der Waals surface area contributed by atoms with Crippen molar-refractivity contribution in [2.24, 2.45) is 5.73 Å². The molecule has 3 heteroatoms. The number of benzene rings is 2. The summed E-state index contributed by atoms with van der Waals surface area (Å²) in [4.78, 5) is 4.81. The van der Waals surface area contributed by atoms with Crippen LogP contribution in [0.4, 0.5) is 0 Å². The van der Waals surface area contributed by atoms with E-state index in [4.69, 9.17) is 10.7 Å². The molecule has 0 radical (unpaired) electrons. The highest BCUT2D eigenvalue weighted by molar-refractivity contribution is 5.76. The molecule has 0 saturated heterocycles. The van der Waals surface area contributed by atoms with Crippen molar-refractivity contribution in [3.8, 4) is 0 Å². The number of nitrogens with zero attached hydrogens (tertiary/aromatic N) is 2. The fourth-order valence-electron chi connectivity index (χ4n) is 2.71. The van der Waals surface area contributed by atoms with E-state index >= 15 is 0 Å². The fraction of sp³-hybridized carbons (Fsp3) is 0.278. The summed E-state index contributed by atoms with van der Waals surface area (Å²) < 4.78 is 2.34. The Morgan fingerprint density at radius 1 is 1.00 bits per heavy atom. The van der Waals surface area contributed by atoms with E-state index in [1.165, 1.54) is 16.6 Å². The Bertz CT molecular complexity index is 726. The second-order valence-corrected chi connectivity index (χ2v) is 5.37. The van der Waals surface area contributed by atoms with Gasteiger partial charge in [0, 0.05) is 19.5 Å². The van der Waals surface area contributed by atoms with Gasteiger partial charge in [0.15, 0.2) is 0 Å². The molecule has 1 heterocycles. The minimum atomic E-state index is 0.592. The number of fused-ring (bicyclic) bond motifs is 1. The highest BCUT2D eigenvalue weighted by Gasteiger charge is 2.10. The number of nitrogens with two attached hydrogens (primary N) is 1. The van der Waals surface area contributed by atoms with Gasteiger partial charge in [-0.2, -0.15) is 0 Å². The Kier molecular flexibility index (Phi) is 4.02. The first-order valence-corrected chi connectivity index (χ1v) is 7.54. The van der Waals surface area contributed by atoms with Crippen molar-refractivity contribution < 1.29 is 0 Å². The molecular formula is C18H21N3. The molecule has 0 aliphatic carbocycles. The van der Waals surface area contributed by atoms with Crippen LogP contribution in [0, 0.1) is 0 Å². The number of hydrogen-bond acceptors (Lipinski definition) is 2. The van der Waals surface area contributed by atoms with Gasteiger partial charge in [-0.05, 0) is 29.7 Å². The number of aromatic nitrogens is 2. The van der Waals surface area contributed by atoms with Crippen LogP contribution in [0.3, 0.4) is 0 Å². The summed E-state index contributed by atoms with van der Waals surface area (Å²) in [7, 11) is 0. The zero-order valence-electron chi connectivity index (χ0n) is 12.4. The molecule has 0 amide bonds. The summed E-state index contributed by atoms with van der Waals surface area (Å²) in [6.45, 7) is 3.81. The maximum atomic E-state index is 5.65. The Morgan fingerprint density at radius 3 is 2.43 bits per heavy atom. The van der Waals surface area contributed by atoms with E-state index in [2.05, 4.69) is 54.0 Å². The Labute approximate surface area is 125 Å². The smallest absolute Gasteiger partial charge is 0.114 e. The molecule has 3 aromatic rings. The topological polar surface area (TPSA) is 43.8 Å². The van der Waals surface area contributed by atoms with E-state index < -0.39 is 0 Å². The molecule has 108 valence electrons. The quantitative estimate of drug-likeness (QED) is 0.777. The van der Waals surface area contributed by atoms with Gasteiger partial charge in [0.2, 0.25) is 0 Å². The van der Waals surface area contributed by atoms with Gasteiger partial charge in [-0.3, -0.25) is 0 Å². The van der Waals surface area contributed by atoms with Crippen molar-refractivity contribution in [2.75, 3.05) is 0 Å². The van der Waals surface area contributed by atoms with E-state index in [-0.39, 0.29) is 0 Å². The lowest BCUT2D eigenvalue weighted by Crippen LogP contribution is -2.04. The van der Waals surface area contributed by atoms with E-state index in [9.17, 15) is 0 Å². The average Bonchev–Trinajstić information content (AvgIpc) is 2.86. The fourth-order valence-corrected chi connectivity index (χ4v) is 2.71. The number of aryl methyl sites for hydroxylation is 1. The van der Waals surface area contributed by atoms with Gasteiger partial charge in [-0.25, -0.2) is 4.98 Å². The molecule has 0 atom stereocenters. The number of imidazole rings is 1. The molecule has 0 saturated carbocycles. The molecular weight excluding hydrogens is 258 g/mol. The van der Waals surface area contributed by atoms with E-state index in [0.717, 1.165) is 30.7 Å². The standard InChI is InChI=1S/C18H21N3/c1-2-11-21-17-6-4-3-5-16(17)20-18(21)12-14-7-9-15(13-19)10-8-14/h3-10H,2,11-13,19H2,1H3. The molecule has 2 N–H and O–H groups in total. The zero-order chi connectivity index (χ0) is 14.7. The van der Waals surface area contributed by atoms with Crippen LogP contribution >= 0.6 is 0 Å². The third-order valence-corrected chi connectivity index (χ3v) is 3.80. The molecule has 0 bridgehead atoms. The van der Waals surface area contributed by atoms with Gasteiger partial charge in [0.1, 0.15) is 5.82 Å². The van der Waals surface area contributed by atoms with Gasteiger partial charge < -0.3 is 10.3 Å². The van der Waals surface area contributed by atoms with Crippen LogP contribution in [-0.2, 0) is 19.5 Å². The summed E-state index contributed by atoms with van der Waals surface area (Å²) in [5.41, 5.74) is 10.4. The van der Waals surface area contributed by atoms with Crippen molar-refractivity contribution in [2.45, 2.75) is 32.9 Å². The number of para-hydroxylation sites is 2. The van der Waals surface area contributed by atoms with Gasteiger partial charge in [0.25, 0.3) is 0 Å². The highest BCUT2D eigenvalue weighted by Crippen LogP contribution is 2.19. The normalized spacial score (nSPS) is 11.1. The monoisotopic (exact) mass is 279 g/mol. The molecule has 0 unspecified atom stereocenters. The SMILES string of the molecule is CCCn1c(Cc2ccc(CN)cc2)nc2ccccc21.